The first-order chi connectivity index (χ1) is 1.00. The van der Waals surface area contributed by atoms with Crippen molar-refractivity contribution in [3.05, 3.63) is 0 Å². The molecule has 0 aromatic heterocycles. The van der Waals surface area contributed by atoms with Crippen molar-refractivity contribution in [2.24, 2.45) is 0 Å². The third-order valence-corrected chi connectivity index (χ3v) is 0. The normalized spacial score (nSPS) is 1.00. The minimum absolute atomic E-state index is 0. The Morgan fingerprint density at radius 1 is 1.25 bits per heavy atom. The maximum absolute atomic E-state index is 8.12. The van der Waals surface area contributed by atoms with E-state index in [1.165, 1.54) is 16.2 Å². The smallest absolute Gasteiger partial charge is 0 e. The van der Waals surface area contributed by atoms with E-state index in [0.29, 0.717) is 0 Å². The molecular weight excluding hydrogens is 275 g/mol. The Kier molecular flexibility index (Phi) is 101. The van der Waals surface area contributed by atoms with E-state index < -0.39 is 0 Å². The number of hydrogen-bond donors (Lipinski definition) is 0. The Morgan fingerprint density at radius 3 is 1.25 bits per heavy atom. The topological polar surface area (TPSA) is 17.1 Å². The molecule has 0 amide bonds. The zero-order valence-electron chi connectivity index (χ0n) is 1.49. The third kappa shape index (κ3) is 9.47. The average Bonchev–Trinajstić information content (AvgIpc) is 1.00. The fraction of sp³-hybridized carbons (Fsp3) is 0. The molecule has 0 saturated heterocycles. The molecule has 0 rings (SSSR count). The van der Waals surface area contributed by atoms with Crippen LogP contribution in [0.25, 0.3) is 0 Å². The molecule has 30 valence electrons. The molecular formula is CrOPdRu. The van der Waals surface area contributed by atoms with Gasteiger partial charge in [-0.1, -0.05) is 0 Å². The van der Waals surface area contributed by atoms with Gasteiger partial charge in [0.25, 0.3) is 0 Å². The number of rotatable bonds is 0. The van der Waals surface area contributed by atoms with Crippen LogP contribution in [0.15, 0.2) is 0 Å². The quantitative estimate of drug-likeness (QED) is 0.563. The summed E-state index contributed by atoms with van der Waals surface area (Å²) < 4.78 is 8.12. The van der Waals surface area contributed by atoms with Crippen LogP contribution in [0.3, 0.4) is 0 Å². The van der Waals surface area contributed by atoms with Gasteiger partial charge >= 0.3 is 20.0 Å². The van der Waals surface area contributed by atoms with Crippen LogP contribution >= 0.6 is 0 Å². The van der Waals surface area contributed by atoms with E-state index in [1.54, 1.807) is 0 Å². The van der Waals surface area contributed by atoms with E-state index in [2.05, 4.69) is 0 Å². The summed E-state index contributed by atoms with van der Waals surface area (Å²) >= 11 is 1.38. The molecule has 1 nitrogen and oxygen atoms in total. The van der Waals surface area contributed by atoms with Crippen molar-refractivity contribution in [2.45, 2.75) is 0 Å². The van der Waals surface area contributed by atoms with Crippen molar-refractivity contribution in [1.29, 1.82) is 0 Å². The van der Waals surface area contributed by atoms with E-state index in [9.17, 15) is 0 Å². The van der Waals surface area contributed by atoms with Crippen molar-refractivity contribution in [1.82, 2.24) is 0 Å². The van der Waals surface area contributed by atoms with Crippen LogP contribution in [0.1, 0.15) is 0 Å². The zero-order valence-corrected chi connectivity index (χ0v) is 6.05. The predicted octanol–water partition coefficient (Wildman–Crippen LogP) is -0.126. The summed E-state index contributed by atoms with van der Waals surface area (Å²) in [4.78, 5) is 0. The van der Waals surface area contributed by atoms with Gasteiger partial charge in [-0.3, -0.25) is 0 Å². The Labute approximate surface area is 59.6 Å². The summed E-state index contributed by atoms with van der Waals surface area (Å²) in [5.74, 6) is 0. The Morgan fingerprint density at radius 2 is 1.25 bits per heavy atom. The van der Waals surface area contributed by atoms with E-state index in [0.717, 1.165) is 0 Å². The molecule has 0 heterocycles. The second-order valence-corrected chi connectivity index (χ2v) is 0. The first kappa shape index (κ1) is 17.5. The summed E-state index contributed by atoms with van der Waals surface area (Å²) in [6.45, 7) is 0. The van der Waals surface area contributed by atoms with Gasteiger partial charge in [-0.2, -0.15) is 0 Å². The van der Waals surface area contributed by atoms with Gasteiger partial charge in [-0.15, -0.1) is 0 Å². The van der Waals surface area contributed by atoms with Crippen molar-refractivity contribution in [3.8, 4) is 0 Å². The fourth-order valence-corrected chi connectivity index (χ4v) is 0. The largest absolute Gasteiger partial charge is 0 e. The summed E-state index contributed by atoms with van der Waals surface area (Å²) in [5.41, 5.74) is 0. The molecule has 0 aromatic rings. The van der Waals surface area contributed by atoms with Gasteiger partial charge in [0.05, 0.1) is 0 Å². The Bertz CT molecular complexity index is 8.00. The second kappa shape index (κ2) is 23.1. The molecule has 0 saturated carbocycles. The van der Waals surface area contributed by atoms with Crippen LogP contribution < -0.4 is 0 Å². The molecule has 4 heavy (non-hydrogen) atoms. The molecule has 0 aromatic carbocycles. The Balaban J connectivity index is -0.00000000500. The summed E-state index contributed by atoms with van der Waals surface area (Å²) in [6, 6.07) is 0. The molecule has 0 aliphatic heterocycles. The minimum atomic E-state index is 0. The molecule has 0 fully saturated rings. The third-order valence-electron chi connectivity index (χ3n) is 0. The zero-order chi connectivity index (χ0) is 2.00. The molecule has 0 spiro atoms. The van der Waals surface area contributed by atoms with Crippen LogP contribution in [0, 0.1) is 0 Å². The molecule has 0 bridgehead atoms. The summed E-state index contributed by atoms with van der Waals surface area (Å²) in [6.07, 6.45) is 0. The van der Waals surface area contributed by atoms with Crippen molar-refractivity contribution >= 4 is 0 Å². The molecule has 0 N–H and O–H groups in total. The van der Waals surface area contributed by atoms with E-state index in [1.807, 2.05) is 0 Å². The maximum Gasteiger partial charge on any atom is 0 e. The molecule has 0 aliphatic carbocycles. The fourth-order valence-electron chi connectivity index (χ4n) is 0. The van der Waals surface area contributed by atoms with Crippen molar-refractivity contribution < 1.29 is 59.9 Å². The molecule has 0 atom stereocenters. The van der Waals surface area contributed by atoms with Crippen LogP contribution in [-0.4, -0.2) is 0 Å². The van der Waals surface area contributed by atoms with Gasteiger partial charge in [-0.05, 0) is 0 Å². The van der Waals surface area contributed by atoms with Gasteiger partial charge in [0.15, 0.2) is 0 Å². The predicted molar refractivity (Wildman–Crippen MR) is 0.686 cm³/mol. The standard InChI is InChI=1S/Cr.O.Pd.Ru. The summed E-state index contributed by atoms with van der Waals surface area (Å²) in [7, 11) is 0. The molecule has 4 heteroatoms. The van der Waals surface area contributed by atoms with Crippen LogP contribution in [0.4, 0.5) is 0 Å². The van der Waals surface area contributed by atoms with Crippen LogP contribution in [0.5, 0.6) is 0 Å². The second-order valence-electron chi connectivity index (χ2n) is 0. The van der Waals surface area contributed by atoms with Crippen molar-refractivity contribution in [2.75, 3.05) is 0 Å². The average molecular weight is 275 g/mol. The van der Waals surface area contributed by atoms with Crippen molar-refractivity contribution in [3.63, 3.8) is 0 Å². The molecule has 0 aliphatic rings. The summed E-state index contributed by atoms with van der Waals surface area (Å²) in [5, 5.41) is 0. The van der Waals surface area contributed by atoms with Gasteiger partial charge in [0.1, 0.15) is 0 Å². The minimum Gasteiger partial charge on any atom is 0 e. The van der Waals surface area contributed by atoms with Crippen LogP contribution in [0.2, 0.25) is 0 Å². The van der Waals surface area contributed by atoms with Gasteiger partial charge < -0.3 is 0 Å². The van der Waals surface area contributed by atoms with Gasteiger partial charge in [-0.25, -0.2) is 0 Å². The first-order valence-corrected chi connectivity index (χ1v) is 0.687. The van der Waals surface area contributed by atoms with Gasteiger partial charge in [0, 0.05) is 39.9 Å². The van der Waals surface area contributed by atoms with E-state index in [-0.39, 0.29) is 39.9 Å². The SMILES string of the molecule is [O]=[Cr].[Pd].[Ru]. The number of hydrogen-bond acceptors (Lipinski definition) is 1. The van der Waals surface area contributed by atoms with Crippen LogP contribution in [-0.2, 0) is 59.9 Å². The first-order valence-electron chi connectivity index (χ1n) is 0.167. The maximum atomic E-state index is 8.12. The monoisotopic (exact) mass is 276 g/mol. The van der Waals surface area contributed by atoms with Gasteiger partial charge in [0.2, 0.25) is 0 Å². The Hall–Kier alpha value is 1.62. The molecule has 0 unspecified atom stereocenters. The molecule has 0 radical (unpaired) electrons. The van der Waals surface area contributed by atoms with E-state index in [4.69, 9.17) is 3.80 Å². The van der Waals surface area contributed by atoms with E-state index >= 15 is 0 Å².